The first kappa shape index (κ1) is 21.2. The Morgan fingerprint density at radius 1 is 1.19 bits per heavy atom. The van der Waals surface area contributed by atoms with Gasteiger partial charge in [0.05, 0.1) is 12.6 Å². The van der Waals surface area contributed by atoms with Crippen LogP contribution in [0.2, 0.25) is 0 Å². The Morgan fingerprint density at radius 2 is 1.78 bits per heavy atom. The first-order valence-electron chi connectivity index (χ1n) is 9.40. The van der Waals surface area contributed by atoms with Gasteiger partial charge in [-0.3, -0.25) is 4.79 Å². The Morgan fingerprint density at radius 3 is 2.30 bits per heavy atom. The number of nitrogens with one attached hydrogen (secondary N) is 1. The molecule has 2 rings (SSSR count). The SMILES string of the molecule is CC(C)(C)OC(=O)N[C@H](C(=O)N1Cc2ccccc2CC1CO)C(C)(C)C. The van der Waals surface area contributed by atoms with Crippen LogP contribution in [0.4, 0.5) is 4.79 Å². The van der Waals surface area contributed by atoms with E-state index in [0.29, 0.717) is 13.0 Å². The predicted octanol–water partition coefficient (Wildman–Crippen LogP) is 2.87. The summed E-state index contributed by atoms with van der Waals surface area (Å²) in [5, 5.41) is 12.6. The van der Waals surface area contributed by atoms with E-state index >= 15 is 0 Å². The molecule has 0 saturated carbocycles. The van der Waals surface area contributed by atoms with Gasteiger partial charge >= 0.3 is 6.09 Å². The molecular formula is C21H32N2O4. The third-order valence-electron chi connectivity index (χ3n) is 4.62. The standard InChI is InChI=1S/C21H32N2O4/c1-20(2,3)17(22-19(26)27-21(4,5)6)18(25)23-12-15-10-8-7-9-14(15)11-16(23)13-24/h7-10,16-17,24H,11-13H2,1-6H3,(H,22,26)/t16?,17-/m1/s1. The summed E-state index contributed by atoms with van der Waals surface area (Å²) in [4.78, 5) is 27.3. The van der Waals surface area contributed by atoms with E-state index in [2.05, 4.69) is 5.32 Å². The highest BCUT2D eigenvalue weighted by molar-refractivity contribution is 5.87. The van der Waals surface area contributed by atoms with Crippen molar-refractivity contribution in [2.75, 3.05) is 6.61 Å². The van der Waals surface area contributed by atoms with Crippen LogP contribution in [0.5, 0.6) is 0 Å². The number of alkyl carbamates (subject to hydrolysis) is 1. The van der Waals surface area contributed by atoms with Crippen molar-refractivity contribution in [3.8, 4) is 0 Å². The molecule has 1 heterocycles. The number of carbonyl (C=O) groups is 2. The maximum atomic E-state index is 13.4. The molecule has 1 unspecified atom stereocenters. The minimum atomic E-state index is -0.758. The smallest absolute Gasteiger partial charge is 0.408 e. The van der Waals surface area contributed by atoms with Crippen LogP contribution >= 0.6 is 0 Å². The van der Waals surface area contributed by atoms with E-state index < -0.39 is 23.2 Å². The van der Waals surface area contributed by atoms with E-state index in [1.807, 2.05) is 45.0 Å². The van der Waals surface area contributed by atoms with Crippen molar-refractivity contribution >= 4 is 12.0 Å². The normalized spacial score (nSPS) is 18.5. The molecule has 0 bridgehead atoms. The Hall–Kier alpha value is -2.08. The van der Waals surface area contributed by atoms with Crippen LogP contribution < -0.4 is 5.32 Å². The molecule has 2 N–H and O–H groups in total. The van der Waals surface area contributed by atoms with Crippen LogP contribution in [0.25, 0.3) is 0 Å². The van der Waals surface area contributed by atoms with Gasteiger partial charge < -0.3 is 20.1 Å². The highest BCUT2D eigenvalue weighted by Crippen LogP contribution is 2.28. The fourth-order valence-electron chi connectivity index (χ4n) is 3.25. The molecule has 6 heteroatoms. The molecule has 0 aliphatic carbocycles. The average molecular weight is 376 g/mol. The maximum absolute atomic E-state index is 13.4. The molecule has 2 atom stereocenters. The first-order chi connectivity index (χ1) is 12.4. The zero-order valence-electron chi connectivity index (χ0n) is 17.2. The third kappa shape index (κ3) is 5.45. The van der Waals surface area contributed by atoms with Gasteiger partial charge in [-0.2, -0.15) is 0 Å². The maximum Gasteiger partial charge on any atom is 0.408 e. The number of fused-ring (bicyclic) bond motifs is 1. The lowest BCUT2D eigenvalue weighted by atomic mass is 9.84. The van der Waals surface area contributed by atoms with E-state index in [0.717, 1.165) is 11.1 Å². The van der Waals surface area contributed by atoms with Gasteiger partial charge in [0.25, 0.3) is 0 Å². The molecular weight excluding hydrogens is 344 g/mol. The molecule has 2 amide bonds. The fourth-order valence-corrected chi connectivity index (χ4v) is 3.25. The van der Waals surface area contributed by atoms with Gasteiger partial charge in [-0.15, -0.1) is 0 Å². The predicted molar refractivity (Wildman–Crippen MR) is 104 cm³/mol. The summed E-state index contributed by atoms with van der Waals surface area (Å²) in [6.45, 7) is 11.3. The third-order valence-corrected chi connectivity index (χ3v) is 4.62. The fraction of sp³-hybridized carbons (Fsp3) is 0.619. The Bertz CT molecular complexity index is 688. The number of amides is 2. The molecule has 27 heavy (non-hydrogen) atoms. The van der Waals surface area contributed by atoms with Crippen molar-refractivity contribution in [3.05, 3.63) is 35.4 Å². The van der Waals surface area contributed by atoms with E-state index in [9.17, 15) is 14.7 Å². The summed E-state index contributed by atoms with van der Waals surface area (Å²) in [7, 11) is 0. The Balaban J connectivity index is 2.25. The van der Waals surface area contributed by atoms with Crippen LogP contribution in [-0.4, -0.2) is 46.3 Å². The van der Waals surface area contributed by atoms with Gasteiger partial charge in [-0.05, 0) is 43.7 Å². The molecule has 150 valence electrons. The molecule has 0 aromatic heterocycles. The molecule has 0 saturated heterocycles. The molecule has 6 nitrogen and oxygen atoms in total. The van der Waals surface area contributed by atoms with Crippen molar-refractivity contribution < 1.29 is 19.4 Å². The van der Waals surface area contributed by atoms with Gasteiger partial charge in [0.15, 0.2) is 0 Å². The summed E-state index contributed by atoms with van der Waals surface area (Å²) in [6, 6.07) is 6.87. The first-order valence-corrected chi connectivity index (χ1v) is 9.40. The van der Waals surface area contributed by atoms with Gasteiger partial charge in [0.1, 0.15) is 11.6 Å². The zero-order valence-corrected chi connectivity index (χ0v) is 17.2. The Kier molecular flexibility index (Phi) is 6.20. The molecule has 1 aromatic rings. The van der Waals surface area contributed by atoms with Gasteiger partial charge in [-0.1, -0.05) is 45.0 Å². The minimum Gasteiger partial charge on any atom is -0.444 e. The molecule has 0 radical (unpaired) electrons. The van der Waals surface area contributed by atoms with E-state index in [1.54, 1.807) is 25.7 Å². The van der Waals surface area contributed by atoms with E-state index in [1.165, 1.54) is 0 Å². The Labute approximate surface area is 161 Å². The number of benzene rings is 1. The van der Waals surface area contributed by atoms with Crippen molar-refractivity contribution in [3.63, 3.8) is 0 Å². The van der Waals surface area contributed by atoms with Crippen molar-refractivity contribution in [2.45, 2.75) is 72.2 Å². The topological polar surface area (TPSA) is 78.9 Å². The monoisotopic (exact) mass is 376 g/mol. The number of rotatable bonds is 3. The number of ether oxygens (including phenoxy) is 1. The molecule has 1 aliphatic heterocycles. The van der Waals surface area contributed by atoms with Crippen molar-refractivity contribution in [1.29, 1.82) is 0 Å². The summed E-state index contributed by atoms with van der Waals surface area (Å²) in [5.41, 5.74) is 1.06. The lowest BCUT2D eigenvalue weighted by molar-refractivity contribution is -0.140. The number of carbonyl (C=O) groups excluding carboxylic acids is 2. The quantitative estimate of drug-likeness (QED) is 0.850. The van der Waals surface area contributed by atoms with E-state index in [4.69, 9.17) is 4.74 Å². The summed E-state index contributed by atoms with van der Waals surface area (Å²) in [6.07, 6.45) is -0.0180. The minimum absolute atomic E-state index is 0.122. The second-order valence-electron chi connectivity index (χ2n) is 9.22. The van der Waals surface area contributed by atoms with Crippen LogP contribution in [0, 0.1) is 5.41 Å². The van der Waals surface area contributed by atoms with E-state index in [-0.39, 0.29) is 18.6 Å². The lowest BCUT2D eigenvalue weighted by Gasteiger charge is -2.41. The highest BCUT2D eigenvalue weighted by Gasteiger charge is 2.40. The molecule has 1 aliphatic rings. The molecule has 1 aromatic carbocycles. The lowest BCUT2D eigenvalue weighted by Crippen LogP contribution is -2.58. The second kappa shape index (κ2) is 7.89. The number of hydrogen-bond donors (Lipinski definition) is 2. The summed E-state index contributed by atoms with van der Waals surface area (Å²) < 4.78 is 5.34. The van der Waals surface area contributed by atoms with Crippen molar-refractivity contribution in [1.82, 2.24) is 10.2 Å². The number of hydrogen-bond acceptors (Lipinski definition) is 4. The molecule has 0 spiro atoms. The highest BCUT2D eigenvalue weighted by atomic mass is 16.6. The van der Waals surface area contributed by atoms with Gasteiger partial charge in [-0.25, -0.2) is 4.79 Å². The van der Waals surface area contributed by atoms with Gasteiger partial charge in [0, 0.05) is 6.54 Å². The van der Waals surface area contributed by atoms with Crippen LogP contribution in [-0.2, 0) is 22.5 Å². The number of nitrogens with zero attached hydrogens (tertiary/aromatic N) is 1. The average Bonchev–Trinajstić information content (AvgIpc) is 2.55. The second-order valence-corrected chi connectivity index (χ2v) is 9.22. The van der Waals surface area contributed by atoms with Crippen molar-refractivity contribution in [2.24, 2.45) is 5.41 Å². The van der Waals surface area contributed by atoms with Gasteiger partial charge in [0.2, 0.25) is 5.91 Å². The number of aliphatic hydroxyl groups is 1. The van der Waals surface area contributed by atoms with Crippen LogP contribution in [0.15, 0.2) is 24.3 Å². The number of aliphatic hydroxyl groups excluding tert-OH is 1. The van der Waals surface area contributed by atoms with Crippen LogP contribution in [0.1, 0.15) is 52.7 Å². The van der Waals surface area contributed by atoms with Crippen LogP contribution in [0.3, 0.4) is 0 Å². The molecule has 0 fully saturated rings. The summed E-state index contributed by atoms with van der Waals surface area (Å²) in [5.74, 6) is -0.207. The largest absolute Gasteiger partial charge is 0.444 e. The summed E-state index contributed by atoms with van der Waals surface area (Å²) >= 11 is 0. The zero-order chi connectivity index (χ0) is 20.4.